The summed E-state index contributed by atoms with van der Waals surface area (Å²) in [7, 11) is 0. The van der Waals surface area contributed by atoms with Gasteiger partial charge in [-0.1, -0.05) is 19.1 Å². The molecule has 0 atom stereocenters. The van der Waals surface area contributed by atoms with Gasteiger partial charge in [0.15, 0.2) is 5.13 Å². The monoisotopic (exact) mass is 411 g/mol. The van der Waals surface area contributed by atoms with E-state index in [0.717, 1.165) is 48.6 Å². The Balaban J connectivity index is 1.53. The van der Waals surface area contributed by atoms with Gasteiger partial charge in [0.05, 0.1) is 11.4 Å². The third kappa shape index (κ3) is 4.09. The van der Waals surface area contributed by atoms with E-state index in [1.54, 1.807) is 0 Å². The summed E-state index contributed by atoms with van der Waals surface area (Å²) in [6.45, 7) is 8.96. The maximum Gasteiger partial charge on any atom is 0.273 e. The van der Waals surface area contributed by atoms with E-state index in [4.69, 9.17) is 0 Å². The molecule has 29 heavy (non-hydrogen) atoms. The number of amides is 2. The number of nitrogens with zero attached hydrogens (tertiary/aromatic N) is 4. The number of aryl methyl sites for hydroxylation is 2. The normalized spacial score (nSPS) is 17.1. The molecule has 0 spiro atoms. The molecule has 7 nitrogen and oxygen atoms in total. The Morgan fingerprint density at radius 1 is 1.24 bits per heavy atom. The van der Waals surface area contributed by atoms with Gasteiger partial charge in [0, 0.05) is 37.2 Å². The van der Waals surface area contributed by atoms with Crippen molar-refractivity contribution in [3.8, 4) is 0 Å². The minimum Gasteiger partial charge on any atom is -0.298 e. The Bertz CT molecular complexity index is 997. The molecular formula is C21H25N5O2S. The van der Waals surface area contributed by atoms with Gasteiger partial charge in [0.2, 0.25) is 5.91 Å². The molecule has 4 rings (SSSR count). The molecule has 0 unspecified atom stereocenters. The van der Waals surface area contributed by atoms with Gasteiger partial charge in [-0.2, -0.15) is 5.10 Å². The van der Waals surface area contributed by atoms with Crippen molar-refractivity contribution in [2.24, 2.45) is 5.10 Å². The van der Waals surface area contributed by atoms with Gasteiger partial charge in [-0.25, -0.2) is 9.99 Å². The van der Waals surface area contributed by atoms with Crippen LogP contribution >= 0.6 is 11.3 Å². The Kier molecular flexibility index (Phi) is 5.47. The molecule has 1 N–H and O–H groups in total. The van der Waals surface area contributed by atoms with Gasteiger partial charge >= 0.3 is 0 Å². The lowest BCUT2D eigenvalue weighted by Crippen LogP contribution is -2.36. The summed E-state index contributed by atoms with van der Waals surface area (Å²) in [4.78, 5) is 33.4. The molecule has 2 aromatic rings. The van der Waals surface area contributed by atoms with Crippen LogP contribution in [-0.4, -0.2) is 40.5 Å². The zero-order valence-electron chi connectivity index (χ0n) is 17.0. The summed E-state index contributed by atoms with van der Waals surface area (Å²) < 4.78 is 0. The highest BCUT2D eigenvalue weighted by atomic mass is 32.1. The van der Waals surface area contributed by atoms with E-state index < -0.39 is 0 Å². The van der Waals surface area contributed by atoms with Crippen LogP contribution < -0.4 is 10.3 Å². The van der Waals surface area contributed by atoms with E-state index in [-0.39, 0.29) is 18.2 Å². The van der Waals surface area contributed by atoms with Crippen LogP contribution in [0.4, 0.5) is 10.8 Å². The number of carbonyl (C=O) groups excluding carboxylic acids is 2. The lowest BCUT2D eigenvalue weighted by atomic mass is 10.1. The number of fused-ring (bicyclic) bond motifs is 1. The first-order valence-electron chi connectivity index (χ1n) is 9.94. The number of anilines is 2. The molecular weight excluding hydrogens is 386 g/mol. The second kappa shape index (κ2) is 8.04. The predicted molar refractivity (Wildman–Crippen MR) is 115 cm³/mol. The SMILES string of the molecule is CCN1CCc2nc(NC(=O)C3=NN(c4cc(C)ccc4C)C(=O)CC3)sc2C1. The van der Waals surface area contributed by atoms with E-state index >= 15 is 0 Å². The maximum atomic E-state index is 12.8. The van der Waals surface area contributed by atoms with Crippen molar-refractivity contribution in [1.29, 1.82) is 0 Å². The van der Waals surface area contributed by atoms with E-state index in [2.05, 4.69) is 27.2 Å². The lowest BCUT2D eigenvalue weighted by molar-refractivity contribution is -0.118. The molecule has 152 valence electrons. The van der Waals surface area contributed by atoms with Gasteiger partial charge in [-0.15, -0.1) is 11.3 Å². The summed E-state index contributed by atoms with van der Waals surface area (Å²) in [5, 5.41) is 9.27. The number of thiazole rings is 1. The number of hydrogen-bond donors (Lipinski definition) is 1. The smallest absolute Gasteiger partial charge is 0.273 e. The van der Waals surface area contributed by atoms with Crippen molar-refractivity contribution < 1.29 is 9.59 Å². The Labute approximate surface area is 174 Å². The molecule has 8 heteroatoms. The van der Waals surface area contributed by atoms with Crippen molar-refractivity contribution in [2.75, 3.05) is 23.4 Å². The molecule has 2 aliphatic rings. The van der Waals surface area contributed by atoms with Gasteiger partial charge < -0.3 is 0 Å². The number of carbonyl (C=O) groups is 2. The molecule has 0 saturated carbocycles. The van der Waals surface area contributed by atoms with Crippen LogP contribution in [0.25, 0.3) is 0 Å². The molecule has 1 aromatic heterocycles. The Hall–Kier alpha value is -2.58. The van der Waals surface area contributed by atoms with Crippen LogP contribution in [-0.2, 0) is 22.6 Å². The minimum absolute atomic E-state index is 0.0976. The van der Waals surface area contributed by atoms with Crippen LogP contribution in [0.1, 0.15) is 41.5 Å². The number of hydrazone groups is 1. The summed E-state index contributed by atoms with van der Waals surface area (Å²) in [5.74, 6) is -0.383. The average Bonchev–Trinajstić information content (AvgIpc) is 3.11. The maximum absolute atomic E-state index is 12.8. The van der Waals surface area contributed by atoms with Gasteiger partial charge in [0.1, 0.15) is 5.71 Å². The highest BCUT2D eigenvalue weighted by Crippen LogP contribution is 2.29. The molecule has 0 saturated heterocycles. The zero-order valence-corrected chi connectivity index (χ0v) is 17.8. The largest absolute Gasteiger partial charge is 0.298 e. The highest BCUT2D eigenvalue weighted by Gasteiger charge is 2.28. The minimum atomic E-state index is -0.286. The van der Waals surface area contributed by atoms with Crippen molar-refractivity contribution in [3.63, 3.8) is 0 Å². The first kappa shape index (κ1) is 19.7. The second-order valence-electron chi connectivity index (χ2n) is 7.50. The van der Waals surface area contributed by atoms with Crippen molar-refractivity contribution >= 4 is 39.7 Å². The van der Waals surface area contributed by atoms with Crippen LogP contribution in [0.5, 0.6) is 0 Å². The summed E-state index contributed by atoms with van der Waals surface area (Å²) in [6, 6.07) is 5.88. The summed E-state index contributed by atoms with van der Waals surface area (Å²) >= 11 is 1.53. The van der Waals surface area contributed by atoms with E-state index in [9.17, 15) is 9.59 Å². The van der Waals surface area contributed by atoms with Gasteiger partial charge in [-0.3, -0.25) is 19.8 Å². The summed E-state index contributed by atoms with van der Waals surface area (Å²) in [5.41, 5.74) is 4.15. The quantitative estimate of drug-likeness (QED) is 0.838. The first-order valence-corrected chi connectivity index (χ1v) is 10.8. The standard InChI is InChI=1S/C21H25N5O2S/c1-4-25-10-9-15-18(12-25)29-21(22-15)23-20(28)16-7-8-19(27)26(24-16)17-11-13(2)5-6-14(17)3/h5-6,11H,4,7-10,12H2,1-3H3,(H,22,23,28). The molecule has 2 amide bonds. The van der Waals surface area contributed by atoms with E-state index in [0.29, 0.717) is 17.3 Å². The Morgan fingerprint density at radius 3 is 2.86 bits per heavy atom. The van der Waals surface area contributed by atoms with Crippen LogP contribution in [0, 0.1) is 13.8 Å². The van der Waals surface area contributed by atoms with Crippen molar-refractivity contribution in [2.45, 2.75) is 46.6 Å². The zero-order chi connectivity index (χ0) is 20.5. The van der Waals surface area contributed by atoms with Crippen molar-refractivity contribution in [1.82, 2.24) is 9.88 Å². The molecule has 3 heterocycles. The average molecular weight is 412 g/mol. The lowest BCUT2D eigenvalue weighted by Gasteiger charge is -2.24. The molecule has 0 fully saturated rings. The highest BCUT2D eigenvalue weighted by molar-refractivity contribution is 7.16. The molecule has 0 aliphatic carbocycles. The fraction of sp³-hybridized carbons (Fsp3) is 0.429. The van der Waals surface area contributed by atoms with Gasteiger partial charge in [-0.05, 0) is 37.6 Å². The topological polar surface area (TPSA) is 77.9 Å². The number of rotatable bonds is 4. The fourth-order valence-corrected chi connectivity index (χ4v) is 4.64. The Morgan fingerprint density at radius 2 is 2.07 bits per heavy atom. The summed E-state index contributed by atoms with van der Waals surface area (Å²) in [6.07, 6.45) is 1.51. The molecule has 1 aromatic carbocycles. The van der Waals surface area contributed by atoms with E-state index in [1.807, 2.05) is 32.0 Å². The van der Waals surface area contributed by atoms with E-state index in [1.165, 1.54) is 21.2 Å². The van der Waals surface area contributed by atoms with Crippen molar-refractivity contribution in [3.05, 3.63) is 39.9 Å². The molecule has 0 radical (unpaired) electrons. The van der Waals surface area contributed by atoms with Crippen LogP contribution in [0.2, 0.25) is 0 Å². The second-order valence-corrected chi connectivity index (χ2v) is 8.59. The molecule has 0 bridgehead atoms. The number of benzene rings is 1. The fourth-order valence-electron chi connectivity index (χ4n) is 3.59. The van der Waals surface area contributed by atoms with Crippen LogP contribution in [0.15, 0.2) is 23.3 Å². The van der Waals surface area contributed by atoms with Gasteiger partial charge in [0.25, 0.3) is 5.91 Å². The first-order chi connectivity index (χ1) is 13.9. The number of likely N-dealkylation sites (N-methyl/N-ethyl adjacent to an activating group) is 1. The van der Waals surface area contributed by atoms with Crippen LogP contribution in [0.3, 0.4) is 0 Å². The number of aromatic nitrogens is 1. The third-order valence-corrected chi connectivity index (χ3v) is 6.36. The third-order valence-electron chi connectivity index (χ3n) is 5.37. The predicted octanol–water partition coefficient (Wildman–Crippen LogP) is 3.26. The molecule has 2 aliphatic heterocycles. The number of hydrogen-bond acceptors (Lipinski definition) is 6. The number of nitrogens with one attached hydrogen (secondary N) is 1.